The maximum Gasteiger partial charge on any atom is 0.273 e. The van der Waals surface area contributed by atoms with E-state index in [9.17, 15) is 4.79 Å². The zero-order valence-electron chi connectivity index (χ0n) is 11.4. The van der Waals surface area contributed by atoms with Crippen molar-refractivity contribution in [1.82, 2.24) is 20.7 Å². The van der Waals surface area contributed by atoms with Gasteiger partial charge in [-0.05, 0) is 12.8 Å². The van der Waals surface area contributed by atoms with Crippen LogP contribution in [0.15, 0.2) is 10.6 Å². The summed E-state index contributed by atoms with van der Waals surface area (Å²) in [5.41, 5.74) is 0.405. The molecule has 1 aromatic heterocycles. The summed E-state index contributed by atoms with van der Waals surface area (Å²) in [6.07, 6.45) is 2.30. The summed E-state index contributed by atoms with van der Waals surface area (Å²) in [4.78, 5) is 14.2. The number of nitrogens with zero attached hydrogens (tertiary/aromatic N) is 2. The molecule has 2 aliphatic rings. The van der Waals surface area contributed by atoms with Crippen LogP contribution in [0.1, 0.15) is 35.0 Å². The smallest absolute Gasteiger partial charge is 0.273 e. The summed E-state index contributed by atoms with van der Waals surface area (Å²) >= 11 is 0. The number of nitrogens with one attached hydrogen (secondary N) is 2. The predicted molar refractivity (Wildman–Crippen MR) is 77.4 cm³/mol. The number of aromatic nitrogens is 1. The lowest BCUT2D eigenvalue weighted by Crippen LogP contribution is -2.46. The van der Waals surface area contributed by atoms with Gasteiger partial charge in [-0.25, -0.2) is 0 Å². The molecule has 1 aromatic rings. The minimum atomic E-state index is -0.134. The molecule has 0 spiro atoms. The summed E-state index contributed by atoms with van der Waals surface area (Å²) < 4.78 is 5.18. The zero-order chi connectivity index (χ0) is 13.1. The average molecular weight is 301 g/mol. The normalized spacial score (nSPS) is 19.4. The lowest BCUT2D eigenvalue weighted by molar-refractivity contribution is 0.0938. The van der Waals surface area contributed by atoms with Crippen LogP contribution < -0.4 is 10.6 Å². The van der Waals surface area contributed by atoms with E-state index in [1.54, 1.807) is 6.07 Å². The molecular weight excluding hydrogens is 280 g/mol. The van der Waals surface area contributed by atoms with Gasteiger partial charge < -0.3 is 15.2 Å². The first-order valence-electron chi connectivity index (χ1n) is 7.01. The summed E-state index contributed by atoms with van der Waals surface area (Å²) in [5.74, 6) is 1.22. The largest absolute Gasteiger partial charge is 0.360 e. The van der Waals surface area contributed by atoms with Crippen LogP contribution >= 0.6 is 12.4 Å². The second-order valence-electron chi connectivity index (χ2n) is 5.24. The Morgan fingerprint density at radius 3 is 2.90 bits per heavy atom. The van der Waals surface area contributed by atoms with E-state index in [1.165, 1.54) is 0 Å². The van der Waals surface area contributed by atoms with Crippen molar-refractivity contribution in [1.29, 1.82) is 0 Å². The average Bonchev–Trinajstić information content (AvgIpc) is 3.17. The molecule has 1 aliphatic carbocycles. The summed E-state index contributed by atoms with van der Waals surface area (Å²) in [5, 5.41) is 10.0. The van der Waals surface area contributed by atoms with Crippen LogP contribution in [0.3, 0.4) is 0 Å². The van der Waals surface area contributed by atoms with E-state index in [2.05, 4.69) is 20.7 Å². The topological polar surface area (TPSA) is 70.4 Å². The van der Waals surface area contributed by atoms with Crippen molar-refractivity contribution >= 4 is 18.3 Å². The monoisotopic (exact) mass is 300 g/mol. The fourth-order valence-electron chi connectivity index (χ4n) is 2.31. The zero-order valence-corrected chi connectivity index (χ0v) is 12.2. The van der Waals surface area contributed by atoms with Crippen LogP contribution in [0, 0.1) is 0 Å². The first-order chi connectivity index (χ1) is 9.33. The van der Waals surface area contributed by atoms with E-state index in [4.69, 9.17) is 4.52 Å². The van der Waals surface area contributed by atoms with Crippen LogP contribution in [0.5, 0.6) is 0 Å². The molecular formula is C13H21ClN4O2. The molecule has 0 unspecified atom stereocenters. The van der Waals surface area contributed by atoms with Crippen LogP contribution in [0.4, 0.5) is 0 Å². The van der Waals surface area contributed by atoms with Crippen molar-refractivity contribution in [3.05, 3.63) is 17.5 Å². The number of rotatable bonds is 5. The highest BCUT2D eigenvalue weighted by Gasteiger charge is 2.28. The molecule has 1 saturated carbocycles. The lowest BCUT2D eigenvalue weighted by Gasteiger charge is -2.26. The quantitative estimate of drug-likeness (QED) is 0.834. The van der Waals surface area contributed by atoms with Crippen LogP contribution in [-0.2, 0) is 0 Å². The highest BCUT2D eigenvalue weighted by atomic mass is 35.5. The number of carbonyl (C=O) groups excluding carboxylic acids is 1. The van der Waals surface area contributed by atoms with Crippen LogP contribution in [-0.4, -0.2) is 55.2 Å². The third kappa shape index (κ3) is 3.94. The molecule has 0 radical (unpaired) electrons. The Kier molecular flexibility index (Phi) is 5.39. The van der Waals surface area contributed by atoms with E-state index in [1.807, 2.05) is 0 Å². The second-order valence-corrected chi connectivity index (χ2v) is 5.24. The molecule has 7 heteroatoms. The number of halogens is 1. The number of amides is 1. The summed E-state index contributed by atoms with van der Waals surface area (Å²) in [6, 6.07) is 1.78. The third-order valence-electron chi connectivity index (χ3n) is 3.66. The van der Waals surface area contributed by atoms with Gasteiger partial charge in [0.25, 0.3) is 5.91 Å². The van der Waals surface area contributed by atoms with Crippen LogP contribution in [0.25, 0.3) is 0 Å². The Bertz CT molecular complexity index is 441. The van der Waals surface area contributed by atoms with E-state index < -0.39 is 0 Å². The van der Waals surface area contributed by atoms with Crippen molar-refractivity contribution in [3.63, 3.8) is 0 Å². The standard InChI is InChI=1S/C13H20N4O2.ClH/c18-13(11-9-12(19-16-11)10-1-2-10)15-5-8-17-6-3-14-4-7-17;/h9-10,14H,1-8H2,(H,15,18);1H. The molecule has 112 valence electrons. The minimum Gasteiger partial charge on any atom is -0.360 e. The van der Waals surface area contributed by atoms with Gasteiger partial charge >= 0.3 is 0 Å². The van der Waals surface area contributed by atoms with Gasteiger partial charge in [0, 0.05) is 51.3 Å². The van der Waals surface area contributed by atoms with Crippen molar-refractivity contribution in [2.45, 2.75) is 18.8 Å². The summed E-state index contributed by atoms with van der Waals surface area (Å²) in [7, 11) is 0. The Hall–Kier alpha value is -1.11. The number of carbonyl (C=O) groups is 1. The van der Waals surface area contributed by atoms with Gasteiger partial charge in [0.05, 0.1) is 0 Å². The Morgan fingerprint density at radius 1 is 1.45 bits per heavy atom. The van der Waals surface area contributed by atoms with Gasteiger partial charge in [-0.1, -0.05) is 5.16 Å². The number of hydrogen-bond donors (Lipinski definition) is 2. The molecule has 0 bridgehead atoms. The maximum absolute atomic E-state index is 11.9. The Balaban J connectivity index is 0.00000147. The molecule has 6 nitrogen and oxygen atoms in total. The summed E-state index contributed by atoms with van der Waals surface area (Å²) in [6.45, 7) is 5.70. The van der Waals surface area contributed by atoms with E-state index in [0.717, 1.165) is 51.3 Å². The SMILES string of the molecule is Cl.O=C(NCCN1CCNCC1)c1cc(C2CC2)on1. The molecule has 1 saturated heterocycles. The number of hydrogen-bond acceptors (Lipinski definition) is 5. The molecule has 0 atom stereocenters. The molecule has 3 rings (SSSR count). The highest BCUT2D eigenvalue weighted by Crippen LogP contribution is 2.40. The van der Waals surface area contributed by atoms with Crippen LogP contribution in [0.2, 0.25) is 0 Å². The molecule has 2 heterocycles. The van der Waals surface area contributed by atoms with Crippen molar-refractivity contribution in [3.8, 4) is 0 Å². The second kappa shape index (κ2) is 7.06. The molecule has 0 aromatic carbocycles. The van der Waals surface area contributed by atoms with Crippen molar-refractivity contribution in [2.75, 3.05) is 39.3 Å². The molecule has 2 N–H and O–H groups in total. The Labute approximate surface area is 124 Å². The molecule has 20 heavy (non-hydrogen) atoms. The lowest BCUT2D eigenvalue weighted by atomic mass is 10.3. The molecule has 2 fully saturated rings. The van der Waals surface area contributed by atoms with Gasteiger partial charge in [0.1, 0.15) is 5.76 Å². The third-order valence-corrected chi connectivity index (χ3v) is 3.66. The maximum atomic E-state index is 11.9. The minimum absolute atomic E-state index is 0. The fourth-order valence-corrected chi connectivity index (χ4v) is 2.31. The Morgan fingerprint density at radius 2 is 2.20 bits per heavy atom. The highest BCUT2D eigenvalue weighted by molar-refractivity contribution is 5.92. The molecule has 1 aliphatic heterocycles. The van der Waals surface area contributed by atoms with Gasteiger partial charge in [-0.2, -0.15) is 0 Å². The van der Waals surface area contributed by atoms with Gasteiger partial charge in [0.2, 0.25) is 0 Å². The van der Waals surface area contributed by atoms with Gasteiger partial charge in [-0.3, -0.25) is 9.69 Å². The van der Waals surface area contributed by atoms with E-state index in [-0.39, 0.29) is 18.3 Å². The van der Waals surface area contributed by atoms with Crippen molar-refractivity contribution < 1.29 is 9.32 Å². The first kappa shape index (κ1) is 15.3. The fraction of sp³-hybridized carbons (Fsp3) is 0.692. The first-order valence-corrected chi connectivity index (χ1v) is 7.01. The molecule has 1 amide bonds. The van der Waals surface area contributed by atoms with Gasteiger partial charge in [0.15, 0.2) is 5.69 Å². The van der Waals surface area contributed by atoms with E-state index >= 15 is 0 Å². The van der Waals surface area contributed by atoms with E-state index in [0.29, 0.717) is 18.2 Å². The number of piperazine rings is 1. The van der Waals surface area contributed by atoms with Crippen molar-refractivity contribution in [2.24, 2.45) is 0 Å². The van der Waals surface area contributed by atoms with Gasteiger partial charge in [-0.15, -0.1) is 12.4 Å². The predicted octanol–water partition coefficient (Wildman–Crippen LogP) is 0.609.